The number of alkyl halides is 3. The van der Waals surface area contributed by atoms with Crippen LogP contribution in [0.4, 0.5) is 13.2 Å². The fourth-order valence-corrected chi connectivity index (χ4v) is 4.71. The summed E-state index contributed by atoms with van der Waals surface area (Å²) in [5.74, 6) is -0.252. The van der Waals surface area contributed by atoms with E-state index < -0.39 is 17.3 Å². The maximum absolute atomic E-state index is 13.6. The van der Waals surface area contributed by atoms with Gasteiger partial charge in [-0.25, -0.2) is 4.98 Å². The van der Waals surface area contributed by atoms with Gasteiger partial charge in [-0.2, -0.15) is 18.4 Å². The lowest BCUT2D eigenvalue weighted by molar-refractivity contribution is -0.138. The highest BCUT2D eigenvalue weighted by atomic mass is 32.2. The van der Waals surface area contributed by atoms with Crippen LogP contribution in [0.3, 0.4) is 0 Å². The topological polar surface area (TPSA) is 65.8 Å². The molecule has 0 aromatic carbocycles. The first-order valence-corrected chi connectivity index (χ1v) is 10.3. The van der Waals surface area contributed by atoms with E-state index in [1.165, 1.54) is 6.42 Å². The molecule has 1 fully saturated rings. The van der Waals surface area contributed by atoms with Gasteiger partial charge < -0.3 is 5.32 Å². The number of amides is 1. The number of carbonyl (C=O) groups is 1. The van der Waals surface area contributed by atoms with Crippen molar-refractivity contribution in [3.05, 3.63) is 22.4 Å². The second-order valence-electron chi connectivity index (χ2n) is 7.10. The number of nitrogens with zero attached hydrogens (tertiary/aromatic N) is 2. The minimum absolute atomic E-state index is 0.0178. The van der Waals surface area contributed by atoms with E-state index >= 15 is 0 Å². The Morgan fingerprint density at radius 3 is 2.56 bits per heavy atom. The summed E-state index contributed by atoms with van der Waals surface area (Å²) in [5.41, 5.74) is -0.729. The summed E-state index contributed by atoms with van der Waals surface area (Å²) in [7, 11) is 0. The molecule has 27 heavy (non-hydrogen) atoms. The Morgan fingerprint density at radius 2 is 1.89 bits per heavy atom. The van der Waals surface area contributed by atoms with E-state index in [4.69, 9.17) is 0 Å². The zero-order chi connectivity index (χ0) is 19.4. The van der Waals surface area contributed by atoms with Gasteiger partial charge in [0, 0.05) is 11.7 Å². The van der Waals surface area contributed by atoms with E-state index in [2.05, 4.69) is 10.3 Å². The van der Waals surface area contributed by atoms with Crippen molar-refractivity contribution in [1.82, 2.24) is 10.3 Å². The average molecular weight is 397 g/mol. The molecule has 3 rings (SSSR count). The van der Waals surface area contributed by atoms with E-state index in [9.17, 15) is 23.2 Å². The fourth-order valence-electron chi connectivity index (χ4n) is 3.89. The van der Waals surface area contributed by atoms with Crippen LogP contribution in [0, 0.1) is 11.3 Å². The van der Waals surface area contributed by atoms with Crippen LogP contribution < -0.4 is 5.32 Å². The zero-order valence-electron chi connectivity index (χ0n) is 15.0. The molecule has 4 nitrogen and oxygen atoms in total. The van der Waals surface area contributed by atoms with Crippen LogP contribution in [0.5, 0.6) is 0 Å². The molecule has 2 aliphatic carbocycles. The second kappa shape index (κ2) is 8.51. The Labute approximate surface area is 160 Å². The lowest BCUT2D eigenvalue weighted by atomic mass is 9.90. The quantitative estimate of drug-likeness (QED) is 0.765. The number of carbonyl (C=O) groups excluding carboxylic acids is 1. The third-order valence-electron chi connectivity index (χ3n) is 5.15. The van der Waals surface area contributed by atoms with E-state index in [0.29, 0.717) is 25.0 Å². The molecule has 1 aromatic rings. The Morgan fingerprint density at radius 1 is 1.19 bits per heavy atom. The van der Waals surface area contributed by atoms with E-state index in [0.717, 1.165) is 43.9 Å². The van der Waals surface area contributed by atoms with Gasteiger partial charge in [0.15, 0.2) is 0 Å². The minimum Gasteiger partial charge on any atom is -0.353 e. The molecule has 0 aliphatic heterocycles. The second-order valence-corrected chi connectivity index (χ2v) is 8.06. The molecule has 2 aliphatic rings. The van der Waals surface area contributed by atoms with Gasteiger partial charge in [-0.05, 0) is 44.1 Å². The van der Waals surface area contributed by atoms with E-state index in [1.54, 1.807) is 6.07 Å². The molecule has 0 bridgehead atoms. The number of hydrogen-bond donors (Lipinski definition) is 1. The molecule has 1 saturated carbocycles. The summed E-state index contributed by atoms with van der Waals surface area (Å²) < 4.78 is 40.9. The maximum atomic E-state index is 13.6. The van der Waals surface area contributed by atoms with Crippen LogP contribution in [0.1, 0.15) is 67.3 Å². The number of hydrogen-bond acceptors (Lipinski definition) is 4. The van der Waals surface area contributed by atoms with Crippen molar-refractivity contribution in [3.8, 4) is 6.07 Å². The number of fused-ring (bicyclic) bond motifs is 1. The van der Waals surface area contributed by atoms with Crippen LogP contribution in [0.15, 0.2) is 5.03 Å². The third kappa shape index (κ3) is 4.75. The molecule has 1 aromatic heterocycles. The van der Waals surface area contributed by atoms with Crippen molar-refractivity contribution < 1.29 is 18.0 Å². The van der Waals surface area contributed by atoms with E-state index in [1.807, 2.05) is 0 Å². The summed E-state index contributed by atoms with van der Waals surface area (Å²) in [6, 6.07) is 1.83. The van der Waals surface area contributed by atoms with Gasteiger partial charge >= 0.3 is 6.18 Å². The molecule has 0 atom stereocenters. The molecule has 0 unspecified atom stereocenters. The van der Waals surface area contributed by atoms with Crippen molar-refractivity contribution in [2.24, 2.45) is 0 Å². The number of pyridine rings is 1. The molecule has 8 heteroatoms. The minimum atomic E-state index is -4.60. The summed E-state index contributed by atoms with van der Waals surface area (Å²) in [4.78, 5) is 16.5. The van der Waals surface area contributed by atoms with Crippen molar-refractivity contribution in [2.75, 3.05) is 5.75 Å². The van der Waals surface area contributed by atoms with Crippen molar-refractivity contribution in [1.29, 1.82) is 5.26 Å². The molecule has 1 heterocycles. The molecular weight excluding hydrogens is 375 g/mol. The largest absolute Gasteiger partial charge is 0.418 e. The van der Waals surface area contributed by atoms with Crippen molar-refractivity contribution >= 4 is 17.7 Å². The summed E-state index contributed by atoms with van der Waals surface area (Å²) in [6.45, 7) is 0. The van der Waals surface area contributed by atoms with Crippen molar-refractivity contribution in [3.63, 3.8) is 0 Å². The van der Waals surface area contributed by atoms with Crippen molar-refractivity contribution in [2.45, 2.75) is 75.0 Å². The maximum Gasteiger partial charge on any atom is 0.418 e. The number of nitriles is 1. The highest BCUT2D eigenvalue weighted by molar-refractivity contribution is 8.00. The third-order valence-corrected chi connectivity index (χ3v) is 6.12. The first-order valence-electron chi connectivity index (χ1n) is 9.35. The van der Waals surface area contributed by atoms with Crippen LogP contribution in [-0.2, 0) is 23.8 Å². The highest BCUT2D eigenvalue weighted by Gasteiger charge is 2.40. The average Bonchev–Trinajstić information content (AvgIpc) is 2.65. The Bertz CT molecular complexity index is 752. The molecule has 1 N–H and O–H groups in total. The predicted molar refractivity (Wildman–Crippen MR) is 96.3 cm³/mol. The summed E-state index contributed by atoms with van der Waals surface area (Å²) in [5, 5.41) is 12.3. The Balaban J connectivity index is 1.80. The van der Waals surface area contributed by atoms with Crippen LogP contribution in [0.25, 0.3) is 0 Å². The molecule has 0 spiro atoms. The van der Waals surface area contributed by atoms with Gasteiger partial charge in [-0.3, -0.25) is 4.79 Å². The SMILES string of the molecule is N#Cc1c(SCC(=O)NC2CCCCC2)nc2c(c1C(F)(F)F)CCCC2. The molecule has 146 valence electrons. The number of rotatable bonds is 4. The number of halogens is 3. The molecule has 1 amide bonds. The Kier molecular flexibility index (Phi) is 6.30. The number of nitrogens with one attached hydrogen (secondary N) is 1. The summed E-state index contributed by atoms with van der Waals surface area (Å²) >= 11 is 0.926. The van der Waals surface area contributed by atoms with Gasteiger partial charge in [0.1, 0.15) is 11.1 Å². The van der Waals surface area contributed by atoms with Gasteiger partial charge in [0.2, 0.25) is 5.91 Å². The molecule has 0 saturated heterocycles. The lowest BCUT2D eigenvalue weighted by Crippen LogP contribution is -2.37. The summed E-state index contributed by atoms with van der Waals surface area (Å²) in [6.07, 6.45) is 2.83. The van der Waals surface area contributed by atoms with Crippen LogP contribution in [0.2, 0.25) is 0 Å². The normalized spacial score (nSPS) is 17.9. The molecule has 0 radical (unpaired) electrons. The fraction of sp³-hybridized carbons (Fsp3) is 0.632. The van der Waals surface area contributed by atoms with Gasteiger partial charge in [-0.15, -0.1) is 0 Å². The molecular formula is C19H22F3N3OS. The zero-order valence-corrected chi connectivity index (χ0v) is 15.8. The van der Waals surface area contributed by atoms with Crippen LogP contribution >= 0.6 is 11.8 Å². The smallest absolute Gasteiger partial charge is 0.353 e. The first kappa shape index (κ1) is 20.0. The standard InChI is InChI=1S/C19H22F3N3OS/c20-19(21,22)17-13-8-4-5-9-15(13)25-18(14(17)10-23)27-11-16(26)24-12-6-2-1-3-7-12/h12H,1-9,11H2,(H,24,26). The number of thioether (sulfide) groups is 1. The van der Waals surface area contributed by atoms with E-state index in [-0.39, 0.29) is 28.3 Å². The number of aromatic nitrogens is 1. The van der Waals surface area contributed by atoms with Gasteiger partial charge in [0.05, 0.1) is 16.9 Å². The van der Waals surface area contributed by atoms with Gasteiger partial charge in [-0.1, -0.05) is 31.0 Å². The highest BCUT2D eigenvalue weighted by Crippen LogP contribution is 2.41. The number of aryl methyl sites for hydroxylation is 1. The predicted octanol–water partition coefficient (Wildman–Crippen LogP) is 4.39. The van der Waals surface area contributed by atoms with Gasteiger partial charge in [0.25, 0.3) is 0 Å². The monoisotopic (exact) mass is 397 g/mol. The lowest BCUT2D eigenvalue weighted by Gasteiger charge is -2.24. The first-order chi connectivity index (χ1) is 12.9. The van der Waals surface area contributed by atoms with Crippen LogP contribution in [-0.4, -0.2) is 22.7 Å². The Hall–Kier alpha value is -1.75.